The van der Waals surface area contributed by atoms with E-state index in [1.165, 1.54) is 0 Å². The predicted octanol–water partition coefficient (Wildman–Crippen LogP) is 2.18. The first-order chi connectivity index (χ1) is 3.77. The molecule has 0 saturated heterocycles. The van der Waals surface area contributed by atoms with Crippen molar-refractivity contribution in [1.82, 2.24) is 0 Å². The van der Waals surface area contributed by atoms with Crippen molar-refractivity contribution in [2.24, 2.45) is 0 Å². The maximum absolute atomic E-state index is 3.55. The first-order valence-corrected chi connectivity index (χ1v) is 2.67. The number of hydrogen-bond acceptors (Lipinski definition) is 0. The molecule has 0 aliphatic carbocycles. The van der Waals surface area contributed by atoms with Gasteiger partial charge in [-0.3, -0.25) is 0 Å². The molecule has 0 bridgehead atoms. The van der Waals surface area contributed by atoms with E-state index < -0.39 is 0 Å². The molecule has 0 unspecified atom stereocenters. The molecule has 8 heavy (non-hydrogen) atoms. The van der Waals surface area contributed by atoms with Gasteiger partial charge in [-0.15, -0.1) is 6.58 Å². The van der Waals surface area contributed by atoms with Gasteiger partial charge < -0.3 is 0 Å². The highest BCUT2D eigenvalue weighted by Gasteiger charge is 1.79. The van der Waals surface area contributed by atoms with Crippen molar-refractivity contribution in [3.63, 3.8) is 0 Å². The van der Waals surface area contributed by atoms with Gasteiger partial charge in [0.05, 0.1) is 0 Å². The lowest BCUT2D eigenvalue weighted by atomic mass is 10.2. The summed E-state index contributed by atoms with van der Waals surface area (Å²) in [5.41, 5.74) is 0. The fraction of sp³-hybridized carbons (Fsp3) is 0.375. The second kappa shape index (κ2) is 4.46. The molecule has 0 heterocycles. The minimum Gasteiger partial charge on any atom is -0.102 e. The molecular weight excluding hydrogens is 96.1 g/mol. The van der Waals surface area contributed by atoms with E-state index in [9.17, 15) is 0 Å². The zero-order chi connectivity index (χ0) is 6.41. The number of allylic oxidation sites excluding steroid dienone is 1. The quantitative estimate of drug-likeness (QED) is 0.356. The summed E-state index contributed by atoms with van der Waals surface area (Å²) in [4.78, 5) is 0. The third-order valence-electron chi connectivity index (χ3n) is 0.585. The standard InChI is InChI=1S/C8H11/c1-4-5-6-7-8(2)3/h4H,1,5H2,2-3H3. The molecule has 0 atom stereocenters. The van der Waals surface area contributed by atoms with Crippen LogP contribution in [-0.2, 0) is 0 Å². The molecule has 0 N–H and O–H groups in total. The van der Waals surface area contributed by atoms with Crippen molar-refractivity contribution in [2.45, 2.75) is 20.3 Å². The zero-order valence-corrected chi connectivity index (χ0v) is 5.49. The Labute approximate surface area is 51.6 Å². The minimum absolute atomic E-state index is 0.797. The Bertz CT molecular complexity index is 110. The molecule has 0 saturated carbocycles. The Hall–Kier alpha value is -0.700. The first kappa shape index (κ1) is 7.30. The van der Waals surface area contributed by atoms with Crippen LogP contribution < -0.4 is 0 Å². The van der Waals surface area contributed by atoms with Crippen molar-refractivity contribution in [3.8, 4) is 11.8 Å². The molecule has 0 aromatic heterocycles. The first-order valence-electron chi connectivity index (χ1n) is 2.67. The van der Waals surface area contributed by atoms with Crippen LogP contribution in [0, 0.1) is 17.8 Å². The SMILES string of the molecule is C=CCC#C[C](C)C. The van der Waals surface area contributed by atoms with Crippen molar-refractivity contribution in [3.05, 3.63) is 18.6 Å². The Balaban J connectivity index is 3.34. The van der Waals surface area contributed by atoms with E-state index in [4.69, 9.17) is 0 Å². The smallest absolute Gasteiger partial charge is 0.0418 e. The molecule has 0 nitrogen and oxygen atoms in total. The van der Waals surface area contributed by atoms with Crippen molar-refractivity contribution < 1.29 is 0 Å². The summed E-state index contributed by atoms with van der Waals surface area (Å²) >= 11 is 0. The van der Waals surface area contributed by atoms with Crippen LogP contribution in [0.15, 0.2) is 12.7 Å². The van der Waals surface area contributed by atoms with E-state index in [-0.39, 0.29) is 0 Å². The average Bonchev–Trinajstić information content (AvgIpc) is 1.66. The third-order valence-corrected chi connectivity index (χ3v) is 0.585. The molecule has 43 valence electrons. The van der Waals surface area contributed by atoms with Crippen molar-refractivity contribution in [1.29, 1.82) is 0 Å². The van der Waals surface area contributed by atoms with E-state index in [1.807, 2.05) is 13.8 Å². The molecule has 0 aromatic carbocycles. The summed E-state index contributed by atoms with van der Waals surface area (Å²) in [6.45, 7) is 7.54. The summed E-state index contributed by atoms with van der Waals surface area (Å²) in [6, 6.07) is 0. The van der Waals surface area contributed by atoms with Gasteiger partial charge in [-0.05, 0) is 13.8 Å². The van der Waals surface area contributed by atoms with Crippen LogP contribution in [0.25, 0.3) is 0 Å². The van der Waals surface area contributed by atoms with Gasteiger partial charge in [-0.25, -0.2) is 0 Å². The van der Waals surface area contributed by atoms with E-state index in [0.717, 1.165) is 12.3 Å². The molecular formula is C8H11. The van der Waals surface area contributed by atoms with E-state index in [0.29, 0.717) is 0 Å². The molecule has 1 radical (unpaired) electrons. The summed E-state index contributed by atoms with van der Waals surface area (Å²) in [7, 11) is 0. The Morgan fingerprint density at radius 2 is 2.25 bits per heavy atom. The summed E-state index contributed by atoms with van der Waals surface area (Å²) in [6.07, 6.45) is 2.60. The van der Waals surface area contributed by atoms with Gasteiger partial charge in [0.25, 0.3) is 0 Å². The lowest BCUT2D eigenvalue weighted by molar-refractivity contribution is 1.24. The highest BCUT2D eigenvalue weighted by molar-refractivity contribution is 5.17. The second-order valence-corrected chi connectivity index (χ2v) is 1.79. The van der Waals surface area contributed by atoms with Crippen LogP contribution in [0.4, 0.5) is 0 Å². The molecule has 0 heteroatoms. The van der Waals surface area contributed by atoms with Gasteiger partial charge in [0, 0.05) is 12.3 Å². The highest BCUT2D eigenvalue weighted by atomic mass is 13.8. The fourth-order valence-electron chi connectivity index (χ4n) is 0.300. The number of hydrogen-bond donors (Lipinski definition) is 0. The van der Waals surface area contributed by atoms with Gasteiger partial charge in [-0.2, -0.15) is 0 Å². The van der Waals surface area contributed by atoms with E-state index in [1.54, 1.807) is 6.08 Å². The zero-order valence-electron chi connectivity index (χ0n) is 5.49. The minimum atomic E-state index is 0.797. The lowest BCUT2D eigenvalue weighted by Gasteiger charge is -1.82. The molecule has 0 amide bonds. The van der Waals surface area contributed by atoms with Crippen LogP contribution in [0.1, 0.15) is 20.3 Å². The maximum atomic E-state index is 3.55. The molecule has 0 fully saturated rings. The van der Waals surface area contributed by atoms with Gasteiger partial charge in [0.1, 0.15) is 0 Å². The van der Waals surface area contributed by atoms with Gasteiger partial charge in [0.15, 0.2) is 0 Å². The van der Waals surface area contributed by atoms with Gasteiger partial charge >= 0.3 is 0 Å². The fourth-order valence-corrected chi connectivity index (χ4v) is 0.300. The summed E-state index contributed by atoms with van der Waals surface area (Å²) in [5.74, 6) is 7.03. The Morgan fingerprint density at radius 1 is 1.62 bits per heavy atom. The largest absolute Gasteiger partial charge is 0.102 e. The molecule has 0 aliphatic rings. The Morgan fingerprint density at radius 3 is 2.62 bits per heavy atom. The normalized spacial score (nSPS) is 7.88. The van der Waals surface area contributed by atoms with E-state index in [2.05, 4.69) is 18.4 Å². The average molecular weight is 107 g/mol. The third kappa shape index (κ3) is 5.30. The predicted molar refractivity (Wildman–Crippen MR) is 37.2 cm³/mol. The second-order valence-electron chi connectivity index (χ2n) is 1.79. The summed E-state index contributed by atoms with van der Waals surface area (Å²) < 4.78 is 0. The monoisotopic (exact) mass is 107 g/mol. The van der Waals surface area contributed by atoms with Gasteiger partial charge in [0.2, 0.25) is 0 Å². The number of rotatable bonds is 1. The van der Waals surface area contributed by atoms with Crippen LogP contribution in [0.5, 0.6) is 0 Å². The molecule has 0 spiro atoms. The summed E-state index contributed by atoms with van der Waals surface area (Å²) in [5, 5.41) is 0. The van der Waals surface area contributed by atoms with Crippen molar-refractivity contribution >= 4 is 0 Å². The van der Waals surface area contributed by atoms with Gasteiger partial charge in [-0.1, -0.05) is 17.9 Å². The maximum Gasteiger partial charge on any atom is 0.0418 e. The van der Waals surface area contributed by atoms with Crippen LogP contribution in [0.2, 0.25) is 0 Å². The van der Waals surface area contributed by atoms with Crippen LogP contribution in [-0.4, -0.2) is 0 Å². The van der Waals surface area contributed by atoms with Crippen LogP contribution in [0.3, 0.4) is 0 Å². The van der Waals surface area contributed by atoms with Crippen molar-refractivity contribution in [2.75, 3.05) is 0 Å². The lowest BCUT2D eigenvalue weighted by Crippen LogP contribution is -1.72. The molecule has 0 aromatic rings. The molecule has 0 aliphatic heterocycles. The highest BCUT2D eigenvalue weighted by Crippen LogP contribution is 1.89. The van der Waals surface area contributed by atoms with Crippen LogP contribution >= 0.6 is 0 Å². The molecule has 0 rings (SSSR count). The topological polar surface area (TPSA) is 0 Å². The van der Waals surface area contributed by atoms with E-state index >= 15 is 0 Å². The Kier molecular flexibility index (Phi) is 4.07.